The molecule has 0 aliphatic heterocycles. The summed E-state index contributed by atoms with van der Waals surface area (Å²) in [6, 6.07) is 104. The molecule has 0 amide bonds. The zero-order valence-electron chi connectivity index (χ0n) is 72.0. The van der Waals surface area contributed by atoms with E-state index in [4.69, 9.17) is 39.7 Å². The van der Waals surface area contributed by atoms with Crippen molar-refractivity contribution in [3.63, 3.8) is 0 Å². The van der Waals surface area contributed by atoms with Crippen LogP contribution in [0.3, 0.4) is 0 Å². The molecular formula is C102H94Cl6IN6O13P. The molecule has 0 saturated carbocycles. The molecule has 0 bridgehead atoms. The lowest BCUT2D eigenvalue weighted by Crippen LogP contribution is -2.29. The number of hydrogen-bond donors (Lipinski definition) is 2. The Hall–Kier alpha value is -12.6. The Labute approximate surface area is 795 Å². The Kier molecular flexibility index (Phi) is 43.9. The van der Waals surface area contributed by atoms with Gasteiger partial charge < -0.3 is 38.5 Å². The summed E-state index contributed by atoms with van der Waals surface area (Å²) in [5.74, 6) is 4.66. The molecule has 0 spiro atoms. The second-order valence-electron chi connectivity index (χ2n) is 28.2. The number of carbonyl (C=O) groups is 4. The fraction of sp³-hybridized carbons (Fsp3) is 0.118. The summed E-state index contributed by atoms with van der Waals surface area (Å²) >= 11 is 22.2. The summed E-state index contributed by atoms with van der Waals surface area (Å²) in [5, 5.41) is 43.7. The molecule has 2 N–H and O–H groups in total. The minimum Gasteiger partial charge on any atom is -0.616 e. The van der Waals surface area contributed by atoms with Crippen molar-refractivity contribution in [2.45, 2.75) is 79.5 Å². The number of aldehydes is 2. The third-order valence-electron chi connectivity index (χ3n) is 18.5. The number of halogens is 7. The van der Waals surface area contributed by atoms with Crippen LogP contribution in [0.2, 0.25) is 0 Å². The van der Waals surface area contributed by atoms with Gasteiger partial charge in [-0.2, -0.15) is 0 Å². The van der Waals surface area contributed by atoms with Gasteiger partial charge in [0, 0.05) is 73.9 Å². The molecule has 0 fully saturated rings. The molecule has 0 unspecified atom stereocenters. The normalized spacial score (nSPS) is 10.4. The number of hydrogen-bond acceptors (Lipinski definition) is 17. The monoisotopic (exact) mass is 1980 g/mol. The van der Waals surface area contributed by atoms with Gasteiger partial charge >= 0.3 is 17.0 Å². The Morgan fingerprint density at radius 1 is 0.372 bits per heavy atom. The summed E-state index contributed by atoms with van der Waals surface area (Å²) < 4.78 is 35.6. The van der Waals surface area contributed by atoms with E-state index in [0.29, 0.717) is 63.5 Å². The third kappa shape index (κ3) is 33.2. The molecule has 0 aliphatic carbocycles. The van der Waals surface area contributed by atoms with Crippen molar-refractivity contribution in [2.24, 2.45) is 10.3 Å². The zero-order valence-corrected chi connectivity index (χ0v) is 79.7. The fourth-order valence-corrected chi connectivity index (χ4v) is 12.2. The molecule has 129 heavy (non-hydrogen) atoms. The van der Waals surface area contributed by atoms with Crippen LogP contribution < -0.4 is 9.46 Å². The van der Waals surface area contributed by atoms with Gasteiger partial charge in [-0.3, -0.25) is 23.7 Å². The number of oxime groups is 2. The van der Waals surface area contributed by atoms with E-state index in [9.17, 15) is 34.2 Å². The first-order valence-electron chi connectivity index (χ1n) is 39.4. The number of benzene rings is 12. The highest BCUT2D eigenvalue weighted by molar-refractivity contribution is 14.1. The van der Waals surface area contributed by atoms with Crippen molar-refractivity contribution in [3.05, 3.63) is 416 Å². The first kappa shape index (κ1) is 105. The first-order chi connectivity index (χ1) is 61.0. The molecule has 0 radical (unpaired) electrons. The van der Waals surface area contributed by atoms with Gasteiger partial charge in [0.05, 0.1) is 22.7 Å². The number of carbonyl (C=O) groups excluding carboxylic acids is 4. The minimum atomic E-state index is -3.22. The highest BCUT2D eigenvalue weighted by atomic mass is 127. The minimum absolute atomic E-state index is 0. The Balaban J connectivity index is 0.000000229. The average molecular weight is 1980 g/mol. The van der Waals surface area contributed by atoms with Gasteiger partial charge in [-0.15, -0.1) is 45.9 Å². The van der Waals surface area contributed by atoms with Crippen LogP contribution in [0, 0.1) is 65.8 Å². The van der Waals surface area contributed by atoms with Gasteiger partial charge in [-0.25, -0.2) is 9.97 Å². The smallest absolute Gasteiger partial charge is 0.392 e. The summed E-state index contributed by atoms with van der Waals surface area (Å²) in [6.07, 6.45) is 1.69. The molecule has 19 nitrogen and oxygen atoms in total. The van der Waals surface area contributed by atoms with E-state index in [0.717, 1.165) is 116 Å². The molecule has 16 aromatic rings. The molecular weight excluding hydrogens is 1890 g/mol. The summed E-state index contributed by atoms with van der Waals surface area (Å²) in [5.41, 5.74) is 20.2. The lowest BCUT2D eigenvalue weighted by Gasteiger charge is -1.98. The van der Waals surface area contributed by atoms with Crippen molar-refractivity contribution in [1.82, 2.24) is 9.97 Å². The van der Waals surface area contributed by atoms with E-state index in [-0.39, 0.29) is 47.8 Å². The number of alkyl halides is 2. The summed E-state index contributed by atoms with van der Waals surface area (Å²) in [7, 11) is 0. The van der Waals surface area contributed by atoms with Crippen molar-refractivity contribution in [2.75, 3.05) is 0 Å². The van der Waals surface area contributed by atoms with E-state index in [2.05, 4.69) is 115 Å². The quantitative estimate of drug-likeness (QED) is 0.00869. The maximum atomic E-state index is 12.3. The molecule has 4 aromatic heterocycles. The van der Waals surface area contributed by atoms with Crippen LogP contribution >= 0.6 is 97.9 Å². The van der Waals surface area contributed by atoms with Crippen molar-refractivity contribution < 1.29 is 61.3 Å². The Morgan fingerprint density at radius 3 is 0.853 bits per heavy atom. The zero-order chi connectivity index (χ0) is 92.0. The topological polar surface area (TPSA) is 283 Å². The van der Waals surface area contributed by atoms with Gasteiger partial charge in [0.25, 0.3) is 0 Å². The van der Waals surface area contributed by atoms with E-state index >= 15 is 0 Å². The van der Waals surface area contributed by atoms with Gasteiger partial charge in [-0.1, -0.05) is 345 Å². The third-order valence-corrected chi connectivity index (χ3v) is 19.5. The average Bonchev–Trinajstić information content (AvgIpc) is 1.65. The van der Waals surface area contributed by atoms with Crippen LogP contribution in [0.25, 0.3) is 91.1 Å². The lowest BCUT2D eigenvalue weighted by atomic mass is 10.1. The van der Waals surface area contributed by atoms with Crippen LogP contribution in [-0.4, -0.2) is 55.9 Å². The van der Waals surface area contributed by atoms with Crippen molar-refractivity contribution >= 4 is 133 Å². The SMILES string of the molecule is C/C(=N\O)C(=O)c1ccccc1.C/C(=N\O)C(=O)c1ccccc1.Cc1ccc(-c2nc(CCl)c(-c3ccccc3)o2)cc1.Cc1ccc(-c2nc(CI)c(-c3ccccc3)o2)cc1.Cc1ccc(-c2oc(-c3ccccc3)c(C)[n+]2[O-])cc1.Cc1ccc(-c2oc(-c3ccccc3)c(C)[n+]2[O-])cc1.Cc1ccc(C=O)cc1.Cc1ccc(C=O)cc1.Cl.Cl.O=P(Cl)(Cl)Cl. The predicted octanol–water partition coefficient (Wildman–Crippen LogP) is 28.7. The number of aromatic nitrogens is 4. The van der Waals surface area contributed by atoms with E-state index in [1.54, 1.807) is 62.4 Å². The van der Waals surface area contributed by atoms with Crippen molar-refractivity contribution in [1.29, 1.82) is 0 Å². The van der Waals surface area contributed by atoms with Crippen molar-refractivity contribution in [3.8, 4) is 91.1 Å². The number of ketones is 2. The van der Waals surface area contributed by atoms with E-state index < -0.39 is 5.20 Å². The second kappa shape index (κ2) is 53.9. The molecule has 664 valence electrons. The molecule has 0 saturated heterocycles. The lowest BCUT2D eigenvalue weighted by molar-refractivity contribution is -0.602. The Bertz CT molecular complexity index is 5870. The largest absolute Gasteiger partial charge is 0.616 e. The molecule has 12 aromatic carbocycles. The molecule has 4 heterocycles. The predicted molar refractivity (Wildman–Crippen MR) is 532 cm³/mol. The second-order valence-corrected chi connectivity index (χ2v) is 35.9. The highest BCUT2D eigenvalue weighted by Gasteiger charge is 2.26. The highest BCUT2D eigenvalue weighted by Crippen LogP contribution is 2.61. The molecule has 16 rings (SSSR count). The van der Waals surface area contributed by atoms with Gasteiger partial charge in [0.15, 0.2) is 11.5 Å². The van der Waals surface area contributed by atoms with Crippen LogP contribution in [-0.2, 0) is 14.9 Å². The van der Waals surface area contributed by atoms with Crippen LogP contribution in [0.15, 0.2) is 356 Å². The number of nitrogens with zero attached hydrogens (tertiary/aromatic N) is 6. The molecule has 0 atom stereocenters. The van der Waals surface area contributed by atoms with Gasteiger partial charge in [-0.05, 0) is 138 Å². The van der Waals surface area contributed by atoms with E-state index in [1.165, 1.54) is 36.1 Å². The first-order valence-corrected chi connectivity index (χ1v) is 45.9. The number of rotatable bonds is 16. The Morgan fingerprint density at radius 2 is 0.605 bits per heavy atom. The van der Waals surface area contributed by atoms with Gasteiger partial charge in [0.1, 0.15) is 29.7 Å². The summed E-state index contributed by atoms with van der Waals surface area (Å²) in [6.45, 7) is 18.6. The maximum absolute atomic E-state index is 12.3. The number of aryl methyl sites for hydroxylation is 6. The number of oxazole rings is 4. The number of Topliss-reactive ketones (excluding diaryl/α,β-unsaturated/α-hetero) is 2. The summed E-state index contributed by atoms with van der Waals surface area (Å²) in [4.78, 5) is 51.9. The van der Waals surface area contributed by atoms with Crippen LogP contribution in [0.4, 0.5) is 0 Å². The fourth-order valence-electron chi connectivity index (χ4n) is 11.5. The molecule has 0 aliphatic rings. The van der Waals surface area contributed by atoms with Crippen LogP contribution in [0.5, 0.6) is 0 Å². The molecule has 27 heteroatoms. The van der Waals surface area contributed by atoms with Gasteiger partial charge in [0.2, 0.25) is 46.3 Å². The van der Waals surface area contributed by atoms with E-state index in [1.807, 2.05) is 282 Å². The standard InChI is InChI=1S/C17H14ClNO.C17H14INO.2C17H15NO2.2C9H9NO2.2C8H8O.Cl3OP.2ClH/c2*1-12-7-9-14(10-8-12)17-19-15(11-18)16(20-17)13-5-3-2-4-6-13;2*1-12-8-10-15(11-9-12)17-18(19)13(2)16(20-17)14-6-4-3-5-7-14;2*1-7(10-12)9(11)8-5-3-2-4-6-8;2*1-7-2-4-8(6-9)5-3-7;1-5(2,3)4;;/h2*2-10H,11H2,1H3;2*3-11H,1-2H3;2*2-6,12H,1H3;2*2-6H,1H3;;2*1H/b;;;;2*10-7+;;;;;. The van der Waals surface area contributed by atoms with Crippen LogP contribution in [0.1, 0.15) is 111 Å². The maximum Gasteiger partial charge on any atom is 0.392 e.